The van der Waals surface area contributed by atoms with Crippen LogP contribution in [-0.2, 0) is 65.4 Å². The third-order valence-corrected chi connectivity index (χ3v) is 19.2. The van der Waals surface area contributed by atoms with Gasteiger partial charge in [0.25, 0.3) is 0 Å². The van der Waals surface area contributed by atoms with Crippen LogP contribution in [0.2, 0.25) is 0 Å². The summed E-state index contributed by atoms with van der Waals surface area (Å²) in [4.78, 5) is 72.6. The molecular formula is C72H140O17P2. The van der Waals surface area contributed by atoms with Gasteiger partial charge < -0.3 is 33.8 Å². The number of ether oxygens (including phenoxy) is 4. The maximum atomic E-state index is 13.0. The van der Waals surface area contributed by atoms with Gasteiger partial charge in [-0.3, -0.25) is 37.3 Å². The number of esters is 4. The SMILES string of the molecule is CCC(C)CCCCCCCCCCC(=O)O[C@H](COC(=O)CCCCCCCCC(C)CC)COP(=O)(O)OC[C@H](O)COP(=O)(O)OC[C@@H](COC(=O)CCCCCCCCCCCCC(C)C)OC(=O)CCCCCCCCCCCCCCCC(C)C. The van der Waals surface area contributed by atoms with Crippen molar-refractivity contribution in [3.8, 4) is 0 Å². The first-order valence-corrected chi connectivity index (χ1v) is 40.3. The van der Waals surface area contributed by atoms with E-state index in [0.29, 0.717) is 25.7 Å². The predicted octanol–water partition coefficient (Wildman–Crippen LogP) is 20.5. The van der Waals surface area contributed by atoms with Gasteiger partial charge in [-0.1, -0.05) is 306 Å². The molecule has 0 saturated carbocycles. The Hall–Kier alpha value is -1.94. The van der Waals surface area contributed by atoms with Crippen LogP contribution in [0, 0.1) is 23.7 Å². The van der Waals surface area contributed by atoms with E-state index in [-0.39, 0.29) is 25.7 Å². The van der Waals surface area contributed by atoms with E-state index in [9.17, 15) is 43.2 Å². The van der Waals surface area contributed by atoms with Crippen molar-refractivity contribution >= 4 is 39.5 Å². The summed E-state index contributed by atoms with van der Waals surface area (Å²) in [5.74, 6) is 0.917. The Bertz CT molecular complexity index is 1800. The zero-order valence-corrected chi connectivity index (χ0v) is 61.3. The van der Waals surface area contributed by atoms with E-state index < -0.39 is 97.5 Å². The van der Waals surface area contributed by atoms with Crippen molar-refractivity contribution in [2.45, 2.75) is 375 Å². The average Bonchev–Trinajstić information content (AvgIpc) is 3.66. The monoisotopic (exact) mass is 1340 g/mol. The van der Waals surface area contributed by atoms with Crippen LogP contribution in [0.15, 0.2) is 0 Å². The van der Waals surface area contributed by atoms with Crippen molar-refractivity contribution in [2.75, 3.05) is 39.6 Å². The molecule has 0 spiro atoms. The molecule has 19 heteroatoms. The highest BCUT2D eigenvalue weighted by molar-refractivity contribution is 7.47. The molecule has 0 aromatic carbocycles. The van der Waals surface area contributed by atoms with Crippen LogP contribution >= 0.6 is 15.6 Å². The van der Waals surface area contributed by atoms with E-state index in [1.54, 1.807) is 0 Å². The van der Waals surface area contributed by atoms with E-state index in [1.165, 1.54) is 154 Å². The molecule has 0 heterocycles. The summed E-state index contributed by atoms with van der Waals surface area (Å²) in [5, 5.41) is 10.6. The van der Waals surface area contributed by atoms with E-state index in [0.717, 1.165) is 120 Å². The van der Waals surface area contributed by atoms with Gasteiger partial charge in [-0.25, -0.2) is 9.13 Å². The molecule has 4 unspecified atom stereocenters. The second kappa shape index (κ2) is 61.6. The van der Waals surface area contributed by atoms with Crippen LogP contribution in [0.5, 0.6) is 0 Å². The number of hydrogen-bond acceptors (Lipinski definition) is 15. The van der Waals surface area contributed by atoms with E-state index in [4.69, 9.17) is 37.0 Å². The lowest BCUT2D eigenvalue weighted by molar-refractivity contribution is -0.161. The highest BCUT2D eigenvalue weighted by Crippen LogP contribution is 2.45. The van der Waals surface area contributed by atoms with Gasteiger partial charge in [0.2, 0.25) is 0 Å². The minimum Gasteiger partial charge on any atom is -0.462 e. The Balaban J connectivity index is 5.27. The smallest absolute Gasteiger partial charge is 0.462 e. The number of phosphoric ester groups is 2. The maximum Gasteiger partial charge on any atom is 0.472 e. The Morgan fingerprint density at radius 2 is 0.527 bits per heavy atom. The first-order chi connectivity index (χ1) is 43.7. The largest absolute Gasteiger partial charge is 0.472 e. The van der Waals surface area contributed by atoms with E-state index >= 15 is 0 Å². The summed E-state index contributed by atoms with van der Waals surface area (Å²) in [6.07, 6.45) is 44.4. The highest BCUT2D eigenvalue weighted by Gasteiger charge is 2.30. The van der Waals surface area contributed by atoms with E-state index in [2.05, 4.69) is 55.4 Å². The first-order valence-electron chi connectivity index (χ1n) is 37.3. The summed E-state index contributed by atoms with van der Waals surface area (Å²) < 4.78 is 68.4. The zero-order chi connectivity index (χ0) is 67.5. The molecule has 0 rings (SSSR count). The minimum atomic E-state index is -4.95. The number of unbranched alkanes of at least 4 members (excludes halogenated alkanes) is 33. The molecule has 91 heavy (non-hydrogen) atoms. The molecule has 0 radical (unpaired) electrons. The normalized spacial score (nSPS) is 14.8. The van der Waals surface area contributed by atoms with Crippen molar-refractivity contribution in [1.82, 2.24) is 0 Å². The van der Waals surface area contributed by atoms with Crippen LogP contribution in [0.4, 0.5) is 0 Å². The zero-order valence-electron chi connectivity index (χ0n) is 59.5. The van der Waals surface area contributed by atoms with Crippen LogP contribution in [0.1, 0.15) is 357 Å². The van der Waals surface area contributed by atoms with Gasteiger partial charge >= 0.3 is 39.5 Å². The van der Waals surface area contributed by atoms with Crippen molar-refractivity contribution in [1.29, 1.82) is 0 Å². The molecule has 0 amide bonds. The highest BCUT2D eigenvalue weighted by atomic mass is 31.2. The van der Waals surface area contributed by atoms with Gasteiger partial charge in [0, 0.05) is 25.7 Å². The first kappa shape index (κ1) is 89.1. The molecular weight excluding hydrogens is 1200 g/mol. The number of aliphatic hydroxyl groups is 1. The van der Waals surface area contributed by atoms with Crippen LogP contribution in [0.3, 0.4) is 0 Å². The van der Waals surface area contributed by atoms with Crippen LogP contribution in [-0.4, -0.2) is 96.7 Å². The number of aliphatic hydroxyl groups excluding tert-OH is 1. The molecule has 540 valence electrons. The molecule has 0 aromatic rings. The minimum absolute atomic E-state index is 0.104. The van der Waals surface area contributed by atoms with Crippen LogP contribution < -0.4 is 0 Å². The molecule has 17 nitrogen and oxygen atoms in total. The Labute approximate surface area is 556 Å². The summed E-state index contributed by atoms with van der Waals surface area (Å²) in [5.41, 5.74) is 0. The number of rotatable bonds is 69. The van der Waals surface area contributed by atoms with Crippen LogP contribution in [0.25, 0.3) is 0 Å². The fourth-order valence-electron chi connectivity index (χ4n) is 10.8. The van der Waals surface area contributed by atoms with Gasteiger partial charge in [0.1, 0.15) is 19.3 Å². The van der Waals surface area contributed by atoms with Gasteiger partial charge in [-0.05, 0) is 49.4 Å². The Kier molecular flexibility index (Phi) is 60.3. The summed E-state index contributed by atoms with van der Waals surface area (Å²) in [7, 11) is -9.91. The average molecular weight is 1340 g/mol. The topological polar surface area (TPSA) is 237 Å². The Morgan fingerprint density at radius 1 is 0.308 bits per heavy atom. The van der Waals surface area contributed by atoms with Gasteiger partial charge in [-0.2, -0.15) is 0 Å². The standard InChI is InChI=1S/C72H140O17P2/c1-9-64(7)50-42-34-26-22-23-29-39-47-55-72(77)89-68(59-83-70(75)53-45-37-31-30-35-43-51-65(8)10-2)61-87-91(80,81)85-57-66(73)56-84-90(78,79)86-60-67(58-82-69(74)52-44-36-27-20-17-16-19-25-33-41-49-63(5)6)88-71(76)54-46-38-28-21-15-13-11-12-14-18-24-32-40-48-62(3)4/h62-68,73H,9-61H2,1-8H3,(H,78,79)(H,80,81)/t64?,65?,66-,67-,68-/m1/s1. The van der Waals surface area contributed by atoms with Gasteiger partial charge in [-0.15, -0.1) is 0 Å². The molecule has 7 atom stereocenters. The predicted molar refractivity (Wildman–Crippen MR) is 367 cm³/mol. The van der Waals surface area contributed by atoms with Gasteiger partial charge in [0.15, 0.2) is 12.2 Å². The molecule has 0 aliphatic heterocycles. The maximum absolute atomic E-state index is 13.0. The number of carbonyl (C=O) groups excluding carboxylic acids is 4. The number of carbonyl (C=O) groups is 4. The molecule has 0 fully saturated rings. The lowest BCUT2D eigenvalue weighted by Crippen LogP contribution is -2.30. The third-order valence-electron chi connectivity index (χ3n) is 17.3. The summed E-state index contributed by atoms with van der Waals surface area (Å²) in [6.45, 7) is 14.1. The molecule has 0 saturated heterocycles. The van der Waals surface area contributed by atoms with Gasteiger partial charge in [0.05, 0.1) is 26.4 Å². The third kappa shape index (κ3) is 63.9. The second-order valence-electron chi connectivity index (χ2n) is 27.4. The summed E-state index contributed by atoms with van der Waals surface area (Å²) in [6, 6.07) is 0. The summed E-state index contributed by atoms with van der Waals surface area (Å²) >= 11 is 0. The number of hydrogen-bond donors (Lipinski definition) is 3. The molecule has 0 bridgehead atoms. The molecule has 0 aliphatic carbocycles. The van der Waals surface area contributed by atoms with Crippen molar-refractivity contribution in [3.05, 3.63) is 0 Å². The number of phosphoric acid groups is 2. The van der Waals surface area contributed by atoms with Crippen molar-refractivity contribution < 1.29 is 80.2 Å². The van der Waals surface area contributed by atoms with E-state index in [1.807, 2.05) is 0 Å². The molecule has 3 N–H and O–H groups in total. The molecule has 0 aromatic heterocycles. The second-order valence-corrected chi connectivity index (χ2v) is 30.3. The fourth-order valence-corrected chi connectivity index (χ4v) is 12.4. The van der Waals surface area contributed by atoms with Crippen molar-refractivity contribution in [3.63, 3.8) is 0 Å². The van der Waals surface area contributed by atoms with Crippen molar-refractivity contribution in [2.24, 2.45) is 23.7 Å². The lowest BCUT2D eigenvalue weighted by Gasteiger charge is -2.21. The fraction of sp³-hybridized carbons (Fsp3) is 0.944. The lowest BCUT2D eigenvalue weighted by atomic mass is 9.99. The quantitative estimate of drug-likeness (QED) is 0.0222. The Morgan fingerprint density at radius 3 is 0.780 bits per heavy atom. The molecule has 0 aliphatic rings.